The molecule has 25 heavy (non-hydrogen) atoms. The fourth-order valence-electron chi connectivity index (χ4n) is 2.68. The fraction of sp³-hybridized carbons (Fsp3) is 0.412. The number of nitrogens with zero attached hydrogens (tertiary/aromatic N) is 2. The van der Waals surface area contributed by atoms with Crippen molar-refractivity contribution in [1.82, 2.24) is 4.57 Å². The van der Waals surface area contributed by atoms with Crippen LogP contribution >= 0.6 is 11.6 Å². The van der Waals surface area contributed by atoms with Crippen molar-refractivity contribution in [2.75, 3.05) is 13.7 Å². The Morgan fingerprint density at radius 3 is 2.68 bits per heavy atom. The molecular weight excluding hydrogens is 351 g/mol. The Kier molecular flexibility index (Phi) is 4.36. The van der Waals surface area contributed by atoms with Gasteiger partial charge in [-0.05, 0) is 6.07 Å². The van der Waals surface area contributed by atoms with Gasteiger partial charge in [0, 0.05) is 23.5 Å². The minimum atomic E-state index is -0.754. The smallest absolute Gasteiger partial charge is 0.425 e. The standard InChI is InChI=1S/C17H18ClFN2O4/c1-17(2,3)14-15(18)21(16(22)25-14)12-7-9-11(20-23-4)5-6-24-13(9)8-10(12)19/h7-8H,5-6H2,1-4H3. The average molecular weight is 369 g/mol. The van der Waals surface area contributed by atoms with Crippen molar-refractivity contribution in [2.24, 2.45) is 5.16 Å². The molecule has 0 N–H and O–H groups in total. The lowest BCUT2D eigenvalue weighted by molar-refractivity contribution is 0.210. The van der Waals surface area contributed by atoms with E-state index in [0.29, 0.717) is 35.8 Å². The fourth-order valence-corrected chi connectivity index (χ4v) is 3.16. The molecule has 0 bridgehead atoms. The Morgan fingerprint density at radius 1 is 1.36 bits per heavy atom. The second kappa shape index (κ2) is 6.22. The van der Waals surface area contributed by atoms with E-state index < -0.39 is 17.0 Å². The molecule has 2 heterocycles. The third-order valence-corrected chi connectivity index (χ3v) is 4.18. The maximum Gasteiger partial charge on any atom is 0.425 e. The highest BCUT2D eigenvalue weighted by atomic mass is 35.5. The van der Waals surface area contributed by atoms with Crippen molar-refractivity contribution < 1.29 is 18.4 Å². The van der Waals surface area contributed by atoms with Crippen LogP contribution in [0.15, 0.2) is 26.5 Å². The number of benzene rings is 1. The second-order valence-electron chi connectivity index (χ2n) is 6.69. The van der Waals surface area contributed by atoms with Crippen LogP contribution in [0.5, 0.6) is 5.75 Å². The minimum absolute atomic E-state index is 0.0256. The first kappa shape index (κ1) is 17.5. The summed E-state index contributed by atoms with van der Waals surface area (Å²) in [6.07, 6.45) is 0.507. The van der Waals surface area contributed by atoms with E-state index in [-0.39, 0.29) is 10.8 Å². The molecule has 134 valence electrons. The van der Waals surface area contributed by atoms with Gasteiger partial charge in [-0.1, -0.05) is 37.5 Å². The van der Waals surface area contributed by atoms with Crippen LogP contribution in [0.4, 0.5) is 4.39 Å². The number of fused-ring (bicyclic) bond motifs is 1. The highest BCUT2D eigenvalue weighted by Gasteiger charge is 2.29. The lowest BCUT2D eigenvalue weighted by atomic mass is 9.94. The zero-order valence-corrected chi connectivity index (χ0v) is 15.1. The molecule has 8 heteroatoms. The van der Waals surface area contributed by atoms with Gasteiger partial charge >= 0.3 is 5.76 Å². The molecule has 0 radical (unpaired) electrons. The molecule has 0 unspecified atom stereocenters. The van der Waals surface area contributed by atoms with E-state index in [9.17, 15) is 9.18 Å². The van der Waals surface area contributed by atoms with E-state index in [1.54, 1.807) is 0 Å². The van der Waals surface area contributed by atoms with Crippen LogP contribution in [-0.4, -0.2) is 24.0 Å². The summed E-state index contributed by atoms with van der Waals surface area (Å²) in [7, 11) is 1.43. The van der Waals surface area contributed by atoms with Gasteiger partial charge in [0.15, 0.2) is 16.7 Å². The van der Waals surface area contributed by atoms with E-state index in [2.05, 4.69) is 5.16 Å². The third kappa shape index (κ3) is 3.04. The maximum absolute atomic E-state index is 14.6. The number of ether oxygens (including phenoxy) is 1. The highest BCUT2D eigenvalue weighted by Crippen LogP contribution is 2.34. The molecule has 0 fully saturated rings. The first-order chi connectivity index (χ1) is 11.7. The summed E-state index contributed by atoms with van der Waals surface area (Å²) in [5, 5.41) is 3.99. The highest BCUT2D eigenvalue weighted by molar-refractivity contribution is 6.30. The van der Waals surface area contributed by atoms with Crippen LogP contribution < -0.4 is 10.5 Å². The first-order valence-corrected chi connectivity index (χ1v) is 8.10. The Hall–Kier alpha value is -2.28. The summed E-state index contributed by atoms with van der Waals surface area (Å²) in [5.41, 5.74) is 0.625. The predicted molar refractivity (Wildman–Crippen MR) is 91.6 cm³/mol. The van der Waals surface area contributed by atoms with Crippen molar-refractivity contribution in [2.45, 2.75) is 32.6 Å². The number of hydrogen-bond donors (Lipinski definition) is 0. The van der Waals surface area contributed by atoms with Crippen LogP contribution in [0.3, 0.4) is 0 Å². The van der Waals surface area contributed by atoms with Crippen molar-refractivity contribution in [3.8, 4) is 11.4 Å². The average Bonchev–Trinajstić information content (AvgIpc) is 2.82. The summed E-state index contributed by atoms with van der Waals surface area (Å²) in [5.74, 6) is -0.774. The zero-order chi connectivity index (χ0) is 18.4. The number of rotatable bonds is 2. The van der Waals surface area contributed by atoms with Crippen LogP contribution in [0, 0.1) is 5.82 Å². The van der Waals surface area contributed by atoms with Gasteiger partial charge in [-0.3, -0.25) is 0 Å². The quantitative estimate of drug-likeness (QED) is 0.759. The van der Waals surface area contributed by atoms with E-state index >= 15 is 0 Å². The van der Waals surface area contributed by atoms with Crippen LogP contribution in [0.2, 0.25) is 5.15 Å². The topological polar surface area (TPSA) is 66.0 Å². The van der Waals surface area contributed by atoms with Crippen molar-refractivity contribution in [3.05, 3.63) is 45.0 Å². The van der Waals surface area contributed by atoms with Gasteiger partial charge in [0.05, 0.1) is 18.0 Å². The van der Waals surface area contributed by atoms with E-state index in [1.165, 1.54) is 19.2 Å². The Balaban J connectivity index is 2.23. The van der Waals surface area contributed by atoms with E-state index in [1.807, 2.05) is 20.8 Å². The summed E-state index contributed by atoms with van der Waals surface area (Å²) in [6.45, 7) is 5.92. The molecule has 0 aliphatic carbocycles. The van der Waals surface area contributed by atoms with Crippen molar-refractivity contribution >= 4 is 17.3 Å². The molecule has 6 nitrogen and oxygen atoms in total. The minimum Gasteiger partial charge on any atom is -0.492 e. The number of oxazole rings is 1. The van der Waals surface area contributed by atoms with Gasteiger partial charge in [-0.25, -0.2) is 13.8 Å². The third-order valence-electron chi connectivity index (χ3n) is 3.84. The van der Waals surface area contributed by atoms with E-state index in [0.717, 1.165) is 4.57 Å². The molecule has 0 saturated carbocycles. The molecule has 3 rings (SSSR count). The molecule has 0 amide bonds. The van der Waals surface area contributed by atoms with Gasteiger partial charge in [0.2, 0.25) is 0 Å². The van der Waals surface area contributed by atoms with Crippen molar-refractivity contribution in [3.63, 3.8) is 0 Å². The zero-order valence-electron chi connectivity index (χ0n) is 14.4. The molecule has 0 atom stereocenters. The molecule has 1 aromatic carbocycles. The van der Waals surface area contributed by atoms with Gasteiger partial charge in [-0.2, -0.15) is 0 Å². The number of oxime groups is 1. The number of aromatic nitrogens is 1. The molecule has 1 aliphatic rings. The summed E-state index contributed by atoms with van der Waals surface area (Å²) < 4.78 is 26.4. The predicted octanol–water partition coefficient (Wildman–Crippen LogP) is 3.65. The normalized spacial score (nSPS) is 15.8. The second-order valence-corrected chi connectivity index (χ2v) is 7.05. The molecular formula is C17H18ClFN2O4. The Morgan fingerprint density at radius 2 is 2.08 bits per heavy atom. The molecule has 0 saturated heterocycles. The van der Waals surface area contributed by atoms with Crippen molar-refractivity contribution in [1.29, 1.82) is 0 Å². The first-order valence-electron chi connectivity index (χ1n) is 7.73. The summed E-state index contributed by atoms with van der Waals surface area (Å²) >= 11 is 6.32. The van der Waals surface area contributed by atoms with Gasteiger partial charge in [-0.15, -0.1) is 0 Å². The van der Waals surface area contributed by atoms with Gasteiger partial charge in [0.1, 0.15) is 12.9 Å². The number of hydrogen-bond acceptors (Lipinski definition) is 5. The van der Waals surface area contributed by atoms with Gasteiger partial charge < -0.3 is 14.0 Å². The SMILES string of the molecule is CON=C1CCOc2cc(F)c(-n3c(Cl)c(C(C)(C)C)oc3=O)cc21. The van der Waals surface area contributed by atoms with Gasteiger partial charge in [0.25, 0.3) is 0 Å². The lowest BCUT2D eigenvalue weighted by Crippen LogP contribution is -2.20. The van der Waals surface area contributed by atoms with Crippen LogP contribution in [0.25, 0.3) is 5.69 Å². The van der Waals surface area contributed by atoms with Crippen LogP contribution in [-0.2, 0) is 10.3 Å². The van der Waals surface area contributed by atoms with E-state index in [4.69, 9.17) is 25.6 Å². The Labute approximate surface area is 148 Å². The summed E-state index contributed by atoms with van der Waals surface area (Å²) in [6, 6.07) is 2.68. The van der Waals surface area contributed by atoms with Crippen LogP contribution in [0.1, 0.15) is 38.5 Å². The Bertz CT molecular complexity index is 909. The lowest BCUT2D eigenvalue weighted by Gasteiger charge is -2.20. The molecule has 0 spiro atoms. The number of halogens is 2. The maximum atomic E-state index is 14.6. The molecule has 2 aromatic rings. The monoisotopic (exact) mass is 368 g/mol. The molecule has 1 aliphatic heterocycles. The largest absolute Gasteiger partial charge is 0.492 e. The molecule has 1 aromatic heterocycles. The summed E-state index contributed by atoms with van der Waals surface area (Å²) in [4.78, 5) is 17.1.